The molecule has 2 heterocycles. The second-order valence-corrected chi connectivity index (χ2v) is 4.07. The van der Waals surface area contributed by atoms with Crippen molar-refractivity contribution in [2.45, 2.75) is 32.7 Å². The summed E-state index contributed by atoms with van der Waals surface area (Å²) in [6.45, 7) is 4.00. The van der Waals surface area contributed by atoms with Crippen molar-refractivity contribution in [1.82, 2.24) is 19.7 Å². The highest BCUT2D eigenvalue weighted by Crippen LogP contribution is 2.09. The van der Waals surface area contributed by atoms with E-state index in [1.165, 1.54) is 0 Å². The number of nitrogens with zero attached hydrogens (tertiary/aromatic N) is 3. The van der Waals surface area contributed by atoms with Crippen LogP contribution in [0.3, 0.4) is 0 Å². The normalized spacial score (nSPS) is 16.1. The molecule has 1 aliphatic heterocycles. The molecule has 16 heavy (non-hydrogen) atoms. The maximum Gasteiger partial charge on any atom is 0.343 e. The van der Waals surface area contributed by atoms with E-state index in [0.717, 1.165) is 25.9 Å². The molecule has 1 aromatic rings. The molecule has 1 aliphatic rings. The molecule has 0 aromatic carbocycles. The molecule has 88 valence electrons. The predicted molar refractivity (Wildman–Crippen MR) is 58.0 cm³/mol. The summed E-state index contributed by atoms with van der Waals surface area (Å²) in [6, 6.07) is 0. The Labute approximate surface area is 93.3 Å². The molecule has 0 saturated carbocycles. The second-order valence-electron chi connectivity index (χ2n) is 4.07. The van der Waals surface area contributed by atoms with E-state index in [1.807, 2.05) is 4.90 Å². The maximum atomic E-state index is 11.3. The van der Waals surface area contributed by atoms with Crippen molar-refractivity contribution >= 4 is 5.91 Å². The number of rotatable bonds is 4. The fourth-order valence-electron chi connectivity index (χ4n) is 2.02. The van der Waals surface area contributed by atoms with Crippen LogP contribution < -0.4 is 5.69 Å². The lowest BCUT2D eigenvalue weighted by molar-refractivity contribution is -0.127. The second kappa shape index (κ2) is 4.51. The van der Waals surface area contributed by atoms with Crippen LogP contribution >= 0.6 is 0 Å². The first-order valence-electron chi connectivity index (χ1n) is 5.58. The minimum atomic E-state index is -0.176. The average Bonchev–Trinajstić information content (AvgIpc) is 2.79. The molecule has 0 atom stereocenters. The van der Waals surface area contributed by atoms with Gasteiger partial charge in [-0.3, -0.25) is 9.36 Å². The zero-order valence-electron chi connectivity index (χ0n) is 9.40. The standard InChI is InChI=1S/C10H16N4O2/c1-8-11-12-10(16)14(8)7-3-6-13-5-2-4-9(13)15/h2-7H2,1H3,(H,12,16). The summed E-state index contributed by atoms with van der Waals surface area (Å²) < 4.78 is 1.60. The van der Waals surface area contributed by atoms with E-state index >= 15 is 0 Å². The Bertz CT molecular complexity index is 434. The van der Waals surface area contributed by atoms with E-state index in [0.29, 0.717) is 18.8 Å². The molecule has 2 rings (SSSR count). The molecule has 0 aliphatic carbocycles. The van der Waals surface area contributed by atoms with E-state index in [4.69, 9.17) is 0 Å². The average molecular weight is 224 g/mol. The fraction of sp³-hybridized carbons (Fsp3) is 0.700. The molecule has 0 bridgehead atoms. The number of carbonyl (C=O) groups is 1. The van der Waals surface area contributed by atoms with Gasteiger partial charge in [0.25, 0.3) is 0 Å². The Balaban J connectivity index is 1.84. The van der Waals surface area contributed by atoms with Crippen LogP contribution in [0.15, 0.2) is 4.79 Å². The van der Waals surface area contributed by atoms with Gasteiger partial charge < -0.3 is 4.90 Å². The number of carbonyl (C=O) groups excluding carboxylic acids is 1. The lowest BCUT2D eigenvalue weighted by Crippen LogP contribution is -2.27. The molecule has 6 heteroatoms. The first kappa shape index (κ1) is 10.9. The first-order valence-corrected chi connectivity index (χ1v) is 5.58. The van der Waals surface area contributed by atoms with Gasteiger partial charge in [0, 0.05) is 26.1 Å². The summed E-state index contributed by atoms with van der Waals surface area (Å²) in [5.41, 5.74) is -0.176. The Kier molecular flexibility index (Phi) is 3.07. The number of hydrogen-bond donors (Lipinski definition) is 1. The minimum absolute atomic E-state index is 0.176. The van der Waals surface area contributed by atoms with Gasteiger partial charge >= 0.3 is 5.69 Å². The summed E-state index contributed by atoms with van der Waals surface area (Å²) in [5, 5.41) is 6.23. The minimum Gasteiger partial charge on any atom is -0.343 e. The summed E-state index contributed by atoms with van der Waals surface area (Å²) >= 11 is 0. The summed E-state index contributed by atoms with van der Waals surface area (Å²) in [4.78, 5) is 24.5. The van der Waals surface area contributed by atoms with Crippen LogP contribution in [0.2, 0.25) is 0 Å². The summed E-state index contributed by atoms with van der Waals surface area (Å²) in [5.74, 6) is 0.925. The number of likely N-dealkylation sites (tertiary alicyclic amines) is 1. The highest BCUT2D eigenvalue weighted by molar-refractivity contribution is 5.77. The van der Waals surface area contributed by atoms with Crippen LogP contribution in [0.4, 0.5) is 0 Å². The van der Waals surface area contributed by atoms with Gasteiger partial charge in [0.2, 0.25) is 5.91 Å². The summed E-state index contributed by atoms with van der Waals surface area (Å²) in [7, 11) is 0. The Morgan fingerprint density at radius 2 is 2.19 bits per heavy atom. The monoisotopic (exact) mass is 224 g/mol. The molecule has 1 saturated heterocycles. The van der Waals surface area contributed by atoms with Crippen molar-refractivity contribution in [3.8, 4) is 0 Å². The number of aromatic nitrogens is 3. The molecule has 1 amide bonds. The Morgan fingerprint density at radius 3 is 2.75 bits per heavy atom. The molecule has 0 spiro atoms. The molecule has 1 fully saturated rings. The van der Waals surface area contributed by atoms with Crippen LogP contribution in [-0.2, 0) is 11.3 Å². The van der Waals surface area contributed by atoms with Gasteiger partial charge in [-0.05, 0) is 19.8 Å². The van der Waals surface area contributed by atoms with Gasteiger partial charge in [-0.15, -0.1) is 0 Å². The lowest BCUT2D eigenvalue weighted by Gasteiger charge is -2.15. The van der Waals surface area contributed by atoms with Crippen molar-refractivity contribution < 1.29 is 4.79 Å². The largest absolute Gasteiger partial charge is 0.343 e. The van der Waals surface area contributed by atoms with Gasteiger partial charge in [0.1, 0.15) is 5.82 Å². The number of H-pyrrole nitrogens is 1. The van der Waals surface area contributed by atoms with Crippen LogP contribution in [-0.4, -0.2) is 38.7 Å². The molecular weight excluding hydrogens is 208 g/mol. The van der Waals surface area contributed by atoms with Crippen LogP contribution in [0, 0.1) is 6.92 Å². The third-order valence-corrected chi connectivity index (χ3v) is 2.93. The van der Waals surface area contributed by atoms with Crippen molar-refractivity contribution in [3.63, 3.8) is 0 Å². The number of amides is 1. The number of aryl methyl sites for hydroxylation is 1. The topological polar surface area (TPSA) is 71.0 Å². The molecule has 1 N–H and O–H groups in total. The molecular formula is C10H16N4O2. The van der Waals surface area contributed by atoms with Crippen molar-refractivity contribution in [1.29, 1.82) is 0 Å². The smallest absolute Gasteiger partial charge is 0.343 e. The van der Waals surface area contributed by atoms with Crippen LogP contribution in [0.25, 0.3) is 0 Å². The third-order valence-electron chi connectivity index (χ3n) is 2.93. The zero-order chi connectivity index (χ0) is 11.5. The molecule has 0 unspecified atom stereocenters. The number of hydrogen-bond acceptors (Lipinski definition) is 3. The predicted octanol–water partition coefficient (Wildman–Crippen LogP) is -0.108. The van der Waals surface area contributed by atoms with E-state index in [-0.39, 0.29) is 11.6 Å². The van der Waals surface area contributed by atoms with Crippen molar-refractivity contribution in [3.05, 3.63) is 16.3 Å². The van der Waals surface area contributed by atoms with Crippen LogP contribution in [0.1, 0.15) is 25.1 Å². The Hall–Kier alpha value is -1.59. The maximum absolute atomic E-state index is 11.3. The van der Waals surface area contributed by atoms with E-state index in [2.05, 4.69) is 10.2 Å². The van der Waals surface area contributed by atoms with Crippen LogP contribution in [0.5, 0.6) is 0 Å². The molecule has 1 aromatic heterocycles. The number of nitrogens with one attached hydrogen (secondary N) is 1. The van der Waals surface area contributed by atoms with Crippen molar-refractivity contribution in [2.24, 2.45) is 0 Å². The first-order chi connectivity index (χ1) is 7.68. The van der Waals surface area contributed by atoms with Gasteiger partial charge in [0.15, 0.2) is 0 Å². The Morgan fingerprint density at radius 1 is 1.38 bits per heavy atom. The van der Waals surface area contributed by atoms with E-state index < -0.39 is 0 Å². The van der Waals surface area contributed by atoms with E-state index in [9.17, 15) is 9.59 Å². The quantitative estimate of drug-likeness (QED) is 0.775. The fourth-order valence-corrected chi connectivity index (χ4v) is 2.02. The summed E-state index contributed by atoms with van der Waals surface area (Å²) in [6.07, 6.45) is 2.43. The molecule has 6 nitrogen and oxygen atoms in total. The van der Waals surface area contributed by atoms with Gasteiger partial charge in [-0.1, -0.05) is 0 Å². The SMILES string of the molecule is Cc1n[nH]c(=O)n1CCCN1CCCC1=O. The highest BCUT2D eigenvalue weighted by atomic mass is 16.2. The zero-order valence-corrected chi connectivity index (χ0v) is 9.40. The number of aromatic amines is 1. The van der Waals surface area contributed by atoms with Gasteiger partial charge in [0.05, 0.1) is 0 Å². The lowest BCUT2D eigenvalue weighted by atomic mass is 10.4. The van der Waals surface area contributed by atoms with Gasteiger partial charge in [-0.2, -0.15) is 5.10 Å². The van der Waals surface area contributed by atoms with Crippen molar-refractivity contribution in [2.75, 3.05) is 13.1 Å². The van der Waals surface area contributed by atoms with E-state index in [1.54, 1.807) is 11.5 Å². The third kappa shape index (κ3) is 2.15. The molecule has 0 radical (unpaired) electrons. The van der Waals surface area contributed by atoms with Gasteiger partial charge in [-0.25, -0.2) is 9.89 Å². The highest BCUT2D eigenvalue weighted by Gasteiger charge is 2.19.